The van der Waals surface area contributed by atoms with Crippen LogP contribution in [-0.4, -0.2) is 5.91 Å². The molecule has 0 saturated heterocycles. The fourth-order valence-corrected chi connectivity index (χ4v) is 2.70. The molecule has 0 unspecified atom stereocenters. The second-order valence-corrected chi connectivity index (χ2v) is 5.69. The van der Waals surface area contributed by atoms with Crippen molar-refractivity contribution in [3.8, 4) is 0 Å². The van der Waals surface area contributed by atoms with E-state index in [1.807, 2.05) is 18.2 Å². The highest BCUT2D eigenvalue weighted by Gasteiger charge is 2.07. The van der Waals surface area contributed by atoms with Crippen LogP contribution in [0.15, 0.2) is 45.3 Å². The molecule has 0 saturated carbocycles. The van der Waals surface area contributed by atoms with Crippen molar-refractivity contribution in [2.75, 3.05) is 11.1 Å². The first kappa shape index (κ1) is 13.9. The second-order valence-electron chi connectivity index (χ2n) is 3.92. The summed E-state index contributed by atoms with van der Waals surface area (Å²) in [5.41, 5.74) is 13.6. The summed E-state index contributed by atoms with van der Waals surface area (Å²) in [4.78, 5) is 11.2. The third-order valence-corrected chi connectivity index (χ3v) is 3.69. The third kappa shape index (κ3) is 3.27. The van der Waals surface area contributed by atoms with Crippen LogP contribution < -0.4 is 16.8 Å². The van der Waals surface area contributed by atoms with Crippen molar-refractivity contribution < 1.29 is 4.79 Å². The van der Waals surface area contributed by atoms with Gasteiger partial charge < -0.3 is 16.8 Å². The number of nitrogens with two attached hydrogens (primary N) is 2. The summed E-state index contributed by atoms with van der Waals surface area (Å²) in [5.74, 6) is -0.488. The fraction of sp³-hybridized carbons (Fsp3) is 0. The molecule has 0 bridgehead atoms. The predicted molar refractivity (Wildman–Crippen MR) is 84.5 cm³/mol. The van der Waals surface area contributed by atoms with E-state index < -0.39 is 5.91 Å². The molecule has 6 heteroatoms. The molecular formula is C13H11Br2N3O. The Morgan fingerprint density at radius 2 is 1.79 bits per heavy atom. The largest absolute Gasteiger partial charge is 0.397 e. The van der Waals surface area contributed by atoms with Gasteiger partial charge in [-0.3, -0.25) is 4.79 Å². The van der Waals surface area contributed by atoms with Crippen LogP contribution >= 0.6 is 31.9 Å². The molecule has 2 aromatic rings. The van der Waals surface area contributed by atoms with Crippen molar-refractivity contribution >= 4 is 54.8 Å². The Hall–Kier alpha value is -1.53. The van der Waals surface area contributed by atoms with Crippen LogP contribution in [0.5, 0.6) is 0 Å². The van der Waals surface area contributed by atoms with E-state index in [-0.39, 0.29) is 0 Å². The van der Waals surface area contributed by atoms with Gasteiger partial charge in [-0.25, -0.2) is 0 Å². The van der Waals surface area contributed by atoms with Crippen molar-refractivity contribution in [2.24, 2.45) is 5.73 Å². The summed E-state index contributed by atoms with van der Waals surface area (Å²) in [6, 6.07) is 10.6. The van der Waals surface area contributed by atoms with E-state index in [1.165, 1.54) is 0 Å². The molecule has 0 spiro atoms. The number of nitrogen functional groups attached to an aromatic ring is 1. The quantitative estimate of drug-likeness (QED) is 0.706. The summed E-state index contributed by atoms with van der Waals surface area (Å²) in [6.07, 6.45) is 0. The number of primary amides is 1. The maximum absolute atomic E-state index is 11.2. The molecule has 0 aromatic heterocycles. The average molecular weight is 385 g/mol. The van der Waals surface area contributed by atoms with Crippen molar-refractivity contribution in [3.63, 3.8) is 0 Å². The topological polar surface area (TPSA) is 81.1 Å². The average Bonchev–Trinajstić information content (AvgIpc) is 2.34. The van der Waals surface area contributed by atoms with E-state index in [4.69, 9.17) is 11.5 Å². The summed E-state index contributed by atoms with van der Waals surface area (Å²) < 4.78 is 1.84. The zero-order valence-corrected chi connectivity index (χ0v) is 13.0. The molecular weight excluding hydrogens is 374 g/mol. The smallest absolute Gasteiger partial charge is 0.248 e. The highest BCUT2D eigenvalue weighted by atomic mass is 79.9. The lowest BCUT2D eigenvalue weighted by Gasteiger charge is -2.12. The van der Waals surface area contributed by atoms with Gasteiger partial charge in [0.25, 0.3) is 0 Å². The van der Waals surface area contributed by atoms with Crippen molar-refractivity contribution in [3.05, 3.63) is 50.9 Å². The Morgan fingerprint density at radius 1 is 1.05 bits per heavy atom. The van der Waals surface area contributed by atoms with Crippen LogP contribution in [0.3, 0.4) is 0 Å². The molecule has 0 aliphatic carbocycles. The molecule has 5 N–H and O–H groups in total. The number of amides is 1. The fourth-order valence-electron chi connectivity index (χ4n) is 1.55. The number of carbonyl (C=O) groups excluding carboxylic acids is 1. The van der Waals surface area contributed by atoms with E-state index in [9.17, 15) is 4.79 Å². The van der Waals surface area contributed by atoms with Crippen molar-refractivity contribution in [1.29, 1.82) is 0 Å². The van der Waals surface area contributed by atoms with Crippen LogP contribution in [0.2, 0.25) is 0 Å². The molecule has 0 aliphatic rings. The number of hydrogen-bond acceptors (Lipinski definition) is 3. The van der Waals surface area contributed by atoms with Crippen LogP contribution in [0.25, 0.3) is 0 Å². The molecule has 1 amide bonds. The number of rotatable bonds is 3. The molecule has 2 rings (SSSR count). The second kappa shape index (κ2) is 5.63. The van der Waals surface area contributed by atoms with Gasteiger partial charge in [0.2, 0.25) is 5.91 Å². The molecule has 19 heavy (non-hydrogen) atoms. The first-order valence-corrected chi connectivity index (χ1v) is 6.97. The molecule has 0 radical (unpaired) electrons. The van der Waals surface area contributed by atoms with E-state index in [1.54, 1.807) is 18.2 Å². The lowest BCUT2D eigenvalue weighted by Crippen LogP contribution is -2.11. The Bertz CT molecular complexity index is 644. The van der Waals surface area contributed by atoms with Gasteiger partial charge in [0, 0.05) is 14.5 Å². The lowest BCUT2D eigenvalue weighted by molar-refractivity contribution is 0.100. The number of hydrogen-bond donors (Lipinski definition) is 3. The molecule has 4 nitrogen and oxygen atoms in total. The van der Waals surface area contributed by atoms with Crippen molar-refractivity contribution in [2.45, 2.75) is 0 Å². The van der Waals surface area contributed by atoms with Gasteiger partial charge in [-0.05, 0) is 52.3 Å². The van der Waals surface area contributed by atoms with Gasteiger partial charge in [-0.1, -0.05) is 15.9 Å². The van der Waals surface area contributed by atoms with E-state index in [0.29, 0.717) is 16.9 Å². The number of nitrogens with one attached hydrogen (secondary N) is 1. The minimum absolute atomic E-state index is 0.407. The highest BCUT2D eigenvalue weighted by Crippen LogP contribution is 2.31. The molecule has 0 atom stereocenters. The number of carbonyl (C=O) groups is 1. The zero-order chi connectivity index (χ0) is 14.0. The van der Waals surface area contributed by atoms with Gasteiger partial charge in [0.15, 0.2) is 0 Å². The van der Waals surface area contributed by atoms with Gasteiger partial charge in [0.1, 0.15) is 0 Å². The van der Waals surface area contributed by atoms with E-state index >= 15 is 0 Å². The molecule has 0 heterocycles. The first-order valence-electron chi connectivity index (χ1n) is 5.39. The summed E-state index contributed by atoms with van der Waals surface area (Å²) >= 11 is 6.83. The summed E-state index contributed by atoms with van der Waals surface area (Å²) in [6.45, 7) is 0. The summed E-state index contributed by atoms with van der Waals surface area (Å²) in [5, 5.41) is 3.16. The van der Waals surface area contributed by atoms with E-state index in [2.05, 4.69) is 37.2 Å². The number of anilines is 3. The zero-order valence-electron chi connectivity index (χ0n) is 9.78. The number of halogens is 2. The SMILES string of the molecule is NC(=O)c1ccc(N)c(Nc2ccc(Br)cc2Br)c1. The van der Waals surface area contributed by atoms with E-state index in [0.717, 1.165) is 14.6 Å². The van der Waals surface area contributed by atoms with Gasteiger partial charge >= 0.3 is 0 Å². The predicted octanol–water partition coefficient (Wildman–Crippen LogP) is 3.64. The molecule has 0 aliphatic heterocycles. The Morgan fingerprint density at radius 3 is 2.42 bits per heavy atom. The Kier molecular flexibility index (Phi) is 4.11. The minimum atomic E-state index is -0.488. The van der Waals surface area contributed by atoms with Crippen LogP contribution in [0.1, 0.15) is 10.4 Å². The van der Waals surface area contributed by atoms with Crippen molar-refractivity contribution in [1.82, 2.24) is 0 Å². The van der Waals surface area contributed by atoms with Crippen LogP contribution in [0.4, 0.5) is 17.1 Å². The number of benzene rings is 2. The maximum Gasteiger partial charge on any atom is 0.248 e. The summed E-state index contributed by atoms with van der Waals surface area (Å²) in [7, 11) is 0. The van der Waals surface area contributed by atoms with Gasteiger partial charge in [-0.2, -0.15) is 0 Å². The third-order valence-electron chi connectivity index (χ3n) is 2.54. The maximum atomic E-state index is 11.2. The highest BCUT2D eigenvalue weighted by molar-refractivity contribution is 9.11. The normalized spacial score (nSPS) is 10.2. The lowest BCUT2D eigenvalue weighted by atomic mass is 10.1. The molecule has 2 aromatic carbocycles. The van der Waals surface area contributed by atoms with Gasteiger partial charge in [0.05, 0.1) is 17.1 Å². The monoisotopic (exact) mass is 383 g/mol. The Labute approximate surface area is 127 Å². The molecule has 98 valence electrons. The van der Waals surface area contributed by atoms with Gasteiger partial charge in [-0.15, -0.1) is 0 Å². The van der Waals surface area contributed by atoms with Crippen LogP contribution in [0, 0.1) is 0 Å². The first-order chi connectivity index (χ1) is 8.97. The molecule has 0 fully saturated rings. The standard InChI is InChI=1S/C13H11Br2N3O/c14-8-2-4-11(9(15)6-8)18-12-5-7(13(17)19)1-3-10(12)16/h1-6,18H,16H2,(H2,17,19). The van der Waals surface area contributed by atoms with Crippen LogP contribution in [-0.2, 0) is 0 Å². The minimum Gasteiger partial charge on any atom is -0.397 e. The Balaban J connectivity index is 2.37.